The molecule has 2 nitrogen and oxygen atoms in total. The maximum atomic E-state index is 14.4. The average molecular weight is 195 g/mol. The number of rotatable bonds is 1. The van der Waals surface area contributed by atoms with E-state index in [9.17, 15) is 4.39 Å². The predicted molar refractivity (Wildman–Crippen MR) is 53.7 cm³/mol. The summed E-state index contributed by atoms with van der Waals surface area (Å²) in [6.07, 6.45) is 0.808. The molecule has 1 aliphatic heterocycles. The number of nitrogens with two attached hydrogens (primary N) is 1. The molecule has 0 aromatic heterocycles. The third kappa shape index (κ3) is 1.60. The Kier molecular flexibility index (Phi) is 2.42. The van der Waals surface area contributed by atoms with Gasteiger partial charge in [0.2, 0.25) is 0 Å². The van der Waals surface area contributed by atoms with Crippen LogP contribution in [0.1, 0.15) is 18.4 Å². The first-order valence-electron chi connectivity index (χ1n) is 4.84. The maximum Gasteiger partial charge on any atom is 0.142 e. The van der Waals surface area contributed by atoms with E-state index in [1.165, 1.54) is 0 Å². The molecule has 0 radical (unpaired) electrons. The number of para-hydroxylation sites is 1. The van der Waals surface area contributed by atoms with Gasteiger partial charge in [0.25, 0.3) is 0 Å². The van der Waals surface area contributed by atoms with Gasteiger partial charge in [0.05, 0.1) is 0 Å². The van der Waals surface area contributed by atoms with Crippen molar-refractivity contribution in [3.8, 4) is 0 Å². The quantitative estimate of drug-likeness (QED) is 0.697. The van der Waals surface area contributed by atoms with Crippen molar-refractivity contribution in [2.75, 3.05) is 18.9 Å². The number of benzene rings is 1. The fraction of sp³-hybridized carbons (Fsp3) is 0.455. The molecule has 0 spiro atoms. The van der Waals surface area contributed by atoms with Crippen molar-refractivity contribution in [2.45, 2.75) is 18.5 Å². The highest BCUT2D eigenvalue weighted by atomic mass is 19.1. The Balaban J connectivity index is 2.32. The van der Waals surface area contributed by atoms with Crippen LogP contribution in [0.25, 0.3) is 0 Å². The SMILES string of the molecule is Nc1ccccc1C1(F)CCOCC1. The Morgan fingerprint density at radius 1 is 1.21 bits per heavy atom. The Morgan fingerprint density at radius 2 is 1.86 bits per heavy atom. The van der Waals surface area contributed by atoms with Crippen LogP contribution >= 0.6 is 0 Å². The van der Waals surface area contributed by atoms with Crippen molar-refractivity contribution in [2.24, 2.45) is 0 Å². The van der Waals surface area contributed by atoms with Gasteiger partial charge >= 0.3 is 0 Å². The topological polar surface area (TPSA) is 35.2 Å². The van der Waals surface area contributed by atoms with Crippen LogP contribution in [-0.4, -0.2) is 13.2 Å². The molecule has 0 bridgehead atoms. The van der Waals surface area contributed by atoms with Gasteiger partial charge in [0.1, 0.15) is 5.67 Å². The summed E-state index contributed by atoms with van der Waals surface area (Å²) < 4.78 is 19.6. The monoisotopic (exact) mass is 195 g/mol. The van der Waals surface area contributed by atoms with E-state index < -0.39 is 5.67 Å². The molecule has 3 heteroatoms. The number of halogens is 1. The highest BCUT2D eigenvalue weighted by Gasteiger charge is 2.35. The molecule has 1 aliphatic rings. The van der Waals surface area contributed by atoms with Gasteiger partial charge in [0.15, 0.2) is 0 Å². The summed E-state index contributed by atoms with van der Waals surface area (Å²) >= 11 is 0. The fourth-order valence-corrected chi connectivity index (χ4v) is 1.87. The molecule has 1 heterocycles. The third-order valence-corrected chi connectivity index (χ3v) is 2.73. The second-order valence-electron chi connectivity index (χ2n) is 3.66. The number of alkyl halides is 1. The van der Waals surface area contributed by atoms with Crippen LogP contribution in [0.4, 0.5) is 10.1 Å². The lowest BCUT2D eigenvalue weighted by atomic mass is 9.87. The highest BCUT2D eigenvalue weighted by molar-refractivity contribution is 5.49. The lowest BCUT2D eigenvalue weighted by molar-refractivity contribution is -0.0110. The molecule has 14 heavy (non-hydrogen) atoms. The smallest absolute Gasteiger partial charge is 0.142 e. The average Bonchev–Trinajstić information content (AvgIpc) is 2.19. The van der Waals surface area contributed by atoms with Crippen molar-refractivity contribution in [3.05, 3.63) is 29.8 Å². The maximum absolute atomic E-state index is 14.4. The minimum Gasteiger partial charge on any atom is -0.398 e. The van der Waals surface area contributed by atoms with E-state index >= 15 is 0 Å². The van der Waals surface area contributed by atoms with Crippen LogP contribution < -0.4 is 5.73 Å². The molecule has 0 unspecified atom stereocenters. The second kappa shape index (κ2) is 3.58. The molecule has 1 fully saturated rings. The summed E-state index contributed by atoms with van der Waals surface area (Å²) in [4.78, 5) is 0. The minimum atomic E-state index is -1.29. The Hall–Kier alpha value is -1.09. The molecule has 0 atom stereocenters. The first kappa shape index (κ1) is 9.46. The van der Waals surface area contributed by atoms with E-state index in [1.54, 1.807) is 12.1 Å². The van der Waals surface area contributed by atoms with Crippen LogP contribution in [0.15, 0.2) is 24.3 Å². The molecular formula is C11H14FNO. The van der Waals surface area contributed by atoms with Gasteiger partial charge in [-0.1, -0.05) is 18.2 Å². The van der Waals surface area contributed by atoms with Crippen LogP contribution in [0.5, 0.6) is 0 Å². The normalized spacial score (nSPS) is 20.6. The molecule has 1 aromatic rings. The van der Waals surface area contributed by atoms with Crippen LogP contribution in [0.3, 0.4) is 0 Å². The van der Waals surface area contributed by atoms with E-state index in [2.05, 4.69) is 0 Å². The molecule has 2 rings (SSSR count). The van der Waals surface area contributed by atoms with Crippen LogP contribution in [0, 0.1) is 0 Å². The third-order valence-electron chi connectivity index (χ3n) is 2.73. The zero-order valence-corrected chi connectivity index (χ0v) is 8.00. The van der Waals surface area contributed by atoms with E-state index in [4.69, 9.17) is 10.5 Å². The van der Waals surface area contributed by atoms with Gasteiger partial charge in [-0.3, -0.25) is 0 Å². The van der Waals surface area contributed by atoms with E-state index in [1.807, 2.05) is 12.1 Å². The van der Waals surface area contributed by atoms with Crippen molar-refractivity contribution >= 4 is 5.69 Å². The standard InChI is InChI=1S/C11H14FNO/c12-11(5-7-14-8-6-11)9-3-1-2-4-10(9)13/h1-4H,5-8,13H2. The molecular weight excluding hydrogens is 181 g/mol. The minimum absolute atomic E-state index is 0.404. The zero-order valence-electron chi connectivity index (χ0n) is 8.00. The van der Waals surface area contributed by atoms with E-state index in [-0.39, 0.29) is 0 Å². The van der Waals surface area contributed by atoms with Gasteiger partial charge in [-0.05, 0) is 6.07 Å². The van der Waals surface area contributed by atoms with E-state index in [0.717, 1.165) is 0 Å². The van der Waals surface area contributed by atoms with Gasteiger partial charge < -0.3 is 10.5 Å². The number of ether oxygens (including phenoxy) is 1. The first-order valence-corrected chi connectivity index (χ1v) is 4.84. The summed E-state index contributed by atoms with van der Waals surface area (Å²) in [6, 6.07) is 7.15. The number of hydrogen-bond acceptors (Lipinski definition) is 2. The van der Waals surface area contributed by atoms with Gasteiger partial charge in [-0.25, -0.2) is 4.39 Å². The number of hydrogen-bond donors (Lipinski definition) is 1. The molecule has 0 aliphatic carbocycles. The number of nitrogen functional groups attached to an aromatic ring is 1. The Morgan fingerprint density at radius 3 is 2.50 bits per heavy atom. The van der Waals surface area contributed by atoms with Gasteiger partial charge in [-0.15, -0.1) is 0 Å². The van der Waals surface area contributed by atoms with Gasteiger partial charge in [0, 0.05) is 37.3 Å². The molecule has 1 saturated heterocycles. The predicted octanol–water partition coefficient (Wildman–Crippen LogP) is 2.24. The van der Waals surface area contributed by atoms with Crippen molar-refractivity contribution < 1.29 is 9.13 Å². The lowest BCUT2D eigenvalue weighted by Gasteiger charge is -2.30. The molecule has 2 N–H and O–H groups in total. The van der Waals surface area contributed by atoms with Crippen molar-refractivity contribution in [1.82, 2.24) is 0 Å². The Bertz CT molecular complexity index is 321. The summed E-state index contributed by atoms with van der Waals surface area (Å²) in [6.45, 7) is 0.954. The number of anilines is 1. The molecule has 0 amide bonds. The highest BCUT2D eigenvalue weighted by Crippen LogP contribution is 2.38. The largest absolute Gasteiger partial charge is 0.398 e. The van der Waals surface area contributed by atoms with Crippen LogP contribution in [0.2, 0.25) is 0 Å². The summed E-state index contributed by atoms with van der Waals surface area (Å²) in [5.74, 6) is 0. The lowest BCUT2D eigenvalue weighted by Crippen LogP contribution is -2.30. The van der Waals surface area contributed by atoms with Crippen molar-refractivity contribution in [3.63, 3.8) is 0 Å². The Labute approximate surface area is 82.9 Å². The summed E-state index contributed by atoms with van der Waals surface area (Å²) in [5, 5.41) is 0. The second-order valence-corrected chi connectivity index (χ2v) is 3.66. The molecule has 1 aromatic carbocycles. The fourth-order valence-electron chi connectivity index (χ4n) is 1.87. The van der Waals surface area contributed by atoms with Crippen LogP contribution in [-0.2, 0) is 10.4 Å². The van der Waals surface area contributed by atoms with Gasteiger partial charge in [-0.2, -0.15) is 0 Å². The molecule has 0 saturated carbocycles. The van der Waals surface area contributed by atoms with Crippen molar-refractivity contribution in [1.29, 1.82) is 0 Å². The summed E-state index contributed by atoms with van der Waals surface area (Å²) in [5.41, 5.74) is 5.62. The molecule has 76 valence electrons. The zero-order chi connectivity index (χ0) is 10.0. The first-order chi connectivity index (χ1) is 6.72. The summed E-state index contributed by atoms with van der Waals surface area (Å²) in [7, 11) is 0. The van der Waals surface area contributed by atoms with E-state index in [0.29, 0.717) is 37.3 Å².